The van der Waals surface area contributed by atoms with E-state index in [9.17, 15) is 9.59 Å². The average Bonchev–Trinajstić information content (AvgIpc) is 3.02. The fourth-order valence-electron chi connectivity index (χ4n) is 3.25. The van der Waals surface area contributed by atoms with Crippen LogP contribution >= 0.6 is 0 Å². The summed E-state index contributed by atoms with van der Waals surface area (Å²) in [7, 11) is 1.60. The Morgan fingerprint density at radius 3 is 2.52 bits per heavy atom. The lowest BCUT2D eigenvalue weighted by molar-refractivity contribution is -0.141. The minimum Gasteiger partial charge on any atom is -0.496 e. The first-order chi connectivity index (χ1) is 11.1. The molecule has 1 amide bonds. The minimum absolute atomic E-state index is 0.0792. The first-order valence-electron chi connectivity index (χ1n) is 7.69. The maximum atomic E-state index is 12.6. The molecule has 1 saturated carbocycles. The second kappa shape index (κ2) is 6.28. The highest BCUT2D eigenvalue weighted by Gasteiger charge is 2.30. The lowest BCUT2D eigenvalue weighted by Crippen LogP contribution is -2.33. The van der Waals surface area contributed by atoms with Gasteiger partial charge in [0, 0.05) is 17.0 Å². The number of fused-ring (bicyclic) bond motifs is 1. The molecule has 0 unspecified atom stereocenters. The minimum atomic E-state index is -0.781. The topological polar surface area (TPSA) is 75.6 Å². The van der Waals surface area contributed by atoms with E-state index in [0.717, 1.165) is 16.5 Å². The van der Waals surface area contributed by atoms with Gasteiger partial charge in [0.2, 0.25) is 0 Å². The predicted molar refractivity (Wildman–Crippen MR) is 86.7 cm³/mol. The van der Waals surface area contributed by atoms with Crippen LogP contribution in [-0.2, 0) is 4.79 Å². The van der Waals surface area contributed by atoms with Crippen LogP contribution in [0, 0.1) is 5.92 Å². The Balaban J connectivity index is 1.83. The summed E-state index contributed by atoms with van der Waals surface area (Å²) in [6, 6.07) is 11.0. The molecule has 1 aliphatic rings. The van der Waals surface area contributed by atoms with Crippen molar-refractivity contribution in [3.8, 4) is 5.75 Å². The van der Waals surface area contributed by atoms with E-state index in [-0.39, 0.29) is 17.9 Å². The number of methoxy groups -OCH3 is 1. The van der Waals surface area contributed by atoms with Gasteiger partial charge in [0.1, 0.15) is 5.75 Å². The molecule has 2 aromatic carbocycles. The molecule has 120 valence electrons. The molecule has 0 saturated heterocycles. The monoisotopic (exact) mass is 313 g/mol. The van der Waals surface area contributed by atoms with E-state index in [4.69, 9.17) is 9.84 Å². The Morgan fingerprint density at radius 1 is 1.13 bits per heavy atom. The number of carboxylic acids is 1. The normalized spacial score (nSPS) is 20.4. The van der Waals surface area contributed by atoms with Crippen LogP contribution in [0.2, 0.25) is 0 Å². The molecule has 0 bridgehead atoms. The number of carbonyl (C=O) groups is 2. The second-order valence-corrected chi connectivity index (χ2v) is 5.88. The summed E-state index contributed by atoms with van der Waals surface area (Å²) in [6.07, 6.45) is 1.82. The summed E-state index contributed by atoms with van der Waals surface area (Å²) >= 11 is 0. The van der Waals surface area contributed by atoms with Crippen LogP contribution in [0.15, 0.2) is 36.4 Å². The van der Waals surface area contributed by atoms with E-state index in [2.05, 4.69) is 5.32 Å². The van der Waals surface area contributed by atoms with Gasteiger partial charge in [0.15, 0.2) is 0 Å². The maximum absolute atomic E-state index is 12.6. The van der Waals surface area contributed by atoms with Crippen LogP contribution in [-0.4, -0.2) is 30.1 Å². The van der Waals surface area contributed by atoms with Crippen LogP contribution in [0.5, 0.6) is 5.75 Å². The number of aliphatic carboxylic acids is 1. The van der Waals surface area contributed by atoms with E-state index in [1.54, 1.807) is 19.2 Å². The zero-order valence-electron chi connectivity index (χ0n) is 12.9. The van der Waals surface area contributed by atoms with E-state index in [1.165, 1.54) is 0 Å². The maximum Gasteiger partial charge on any atom is 0.306 e. The number of carbonyl (C=O) groups excluding carboxylic acids is 1. The Hall–Kier alpha value is -2.56. The quantitative estimate of drug-likeness (QED) is 0.910. The molecule has 3 rings (SSSR count). The van der Waals surface area contributed by atoms with Crippen molar-refractivity contribution in [2.24, 2.45) is 5.92 Å². The average molecular weight is 313 g/mol. The molecule has 0 radical (unpaired) electrons. The van der Waals surface area contributed by atoms with Gasteiger partial charge in [0.05, 0.1) is 13.0 Å². The molecular weight excluding hydrogens is 294 g/mol. The number of ether oxygens (including phenoxy) is 1. The van der Waals surface area contributed by atoms with Gasteiger partial charge in [-0.1, -0.05) is 24.3 Å². The van der Waals surface area contributed by atoms with E-state index in [1.807, 2.05) is 24.3 Å². The molecule has 2 aromatic rings. The van der Waals surface area contributed by atoms with Crippen molar-refractivity contribution in [2.75, 3.05) is 7.11 Å². The molecule has 23 heavy (non-hydrogen) atoms. The molecule has 0 aliphatic heterocycles. The number of rotatable bonds is 4. The van der Waals surface area contributed by atoms with E-state index >= 15 is 0 Å². The second-order valence-electron chi connectivity index (χ2n) is 5.88. The fourth-order valence-corrected chi connectivity index (χ4v) is 3.25. The third-order valence-corrected chi connectivity index (χ3v) is 4.47. The summed E-state index contributed by atoms with van der Waals surface area (Å²) in [4.78, 5) is 23.6. The Morgan fingerprint density at radius 2 is 1.87 bits per heavy atom. The van der Waals surface area contributed by atoms with Gasteiger partial charge in [-0.3, -0.25) is 9.59 Å². The predicted octanol–water partition coefficient (Wildman–Crippen LogP) is 2.83. The molecule has 2 N–H and O–H groups in total. The van der Waals surface area contributed by atoms with Crippen molar-refractivity contribution >= 4 is 22.6 Å². The highest BCUT2D eigenvalue weighted by Crippen LogP contribution is 2.29. The highest BCUT2D eigenvalue weighted by molar-refractivity contribution is 6.08. The molecule has 1 aliphatic carbocycles. The van der Waals surface area contributed by atoms with Gasteiger partial charge < -0.3 is 15.2 Å². The first-order valence-corrected chi connectivity index (χ1v) is 7.69. The van der Waals surface area contributed by atoms with Gasteiger partial charge in [-0.15, -0.1) is 0 Å². The van der Waals surface area contributed by atoms with Crippen molar-refractivity contribution in [3.63, 3.8) is 0 Å². The van der Waals surface area contributed by atoms with Crippen molar-refractivity contribution in [2.45, 2.75) is 25.3 Å². The molecular formula is C18H19NO4. The molecule has 0 spiro atoms. The van der Waals surface area contributed by atoms with Gasteiger partial charge in [0.25, 0.3) is 5.91 Å². The van der Waals surface area contributed by atoms with Crippen LogP contribution in [0.1, 0.15) is 29.6 Å². The van der Waals surface area contributed by atoms with Crippen LogP contribution in [0.4, 0.5) is 0 Å². The Kier molecular flexibility index (Phi) is 4.19. The van der Waals surface area contributed by atoms with Crippen LogP contribution < -0.4 is 10.1 Å². The summed E-state index contributed by atoms with van der Waals surface area (Å²) in [5, 5.41) is 13.7. The third-order valence-electron chi connectivity index (χ3n) is 4.47. The third kappa shape index (κ3) is 2.99. The van der Waals surface area contributed by atoms with Crippen molar-refractivity contribution in [1.29, 1.82) is 0 Å². The molecule has 0 aromatic heterocycles. The Bertz CT molecular complexity index is 756. The number of hydrogen-bond acceptors (Lipinski definition) is 3. The summed E-state index contributed by atoms with van der Waals surface area (Å²) in [6.45, 7) is 0. The van der Waals surface area contributed by atoms with Crippen LogP contribution in [0.25, 0.3) is 10.8 Å². The lowest BCUT2D eigenvalue weighted by Gasteiger charge is -2.15. The first kappa shape index (κ1) is 15.3. The van der Waals surface area contributed by atoms with Gasteiger partial charge in [-0.25, -0.2) is 0 Å². The van der Waals surface area contributed by atoms with Crippen molar-refractivity contribution in [3.05, 3.63) is 42.0 Å². The number of hydrogen-bond donors (Lipinski definition) is 2. The van der Waals surface area contributed by atoms with Crippen molar-refractivity contribution in [1.82, 2.24) is 5.32 Å². The standard InChI is InChI=1S/C18H19NO4/c1-23-16-9-8-15(13-4-2-3-5-14(13)16)17(20)19-12-7-6-11(10-12)18(21)22/h2-5,8-9,11-12H,6-7,10H2,1H3,(H,19,20)(H,21,22)/t11-,12+/m0/s1. The highest BCUT2D eigenvalue weighted by atomic mass is 16.5. The zero-order valence-corrected chi connectivity index (χ0v) is 12.9. The molecule has 5 heteroatoms. The van der Waals surface area contributed by atoms with Gasteiger partial charge in [-0.05, 0) is 36.8 Å². The van der Waals surface area contributed by atoms with Crippen molar-refractivity contribution < 1.29 is 19.4 Å². The summed E-state index contributed by atoms with van der Waals surface area (Å²) in [5.41, 5.74) is 0.583. The van der Waals surface area contributed by atoms with Gasteiger partial charge in [-0.2, -0.15) is 0 Å². The number of benzene rings is 2. The smallest absolute Gasteiger partial charge is 0.306 e. The number of nitrogens with one attached hydrogen (secondary N) is 1. The van der Waals surface area contributed by atoms with E-state index in [0.29, 0.717) is 24.8 Å². The molecule has 1 fully saturated rings. The summed E-state index contributed by atoms with van der Waals surface area (Å²) in [5.74, 6) is -0.576. The Labute approximate surface area is 134 Å². The summed E-state index contributed by atoms with van der Waals surface area (Å²) < 4.78 is 5.34. The number of amides is 1. The zero-order chi connectivity index (χ0) is 16.4. The lowest BCUT2D eigenvalue weighted by atomic mass is 10.0. The van der Waals surface area contributed by atoms with Gasteiger partial charge >= 0.3 is 5.97 Å². The SMILES string of the molecule is COc1ccc(C(=O)N[C@@H]2CC[C@H](C(=O)O)C2)c2ccccc12. The molecule has 2 atom stereocenters. The fraction of sp³-hybridized carbons (Fsp3) is 0.333. The van der Waals surface area contributed by atoms with Crippen LogP contribution in [0.3, 0.4) is 0 Å². The molecule has 0 heterocycles. The largest absolute Gasteiger partial charge is 0.496 e. The van der Waals surface area contributed by atoms with E-state index < -0.39 is 5.97 Å². The molecule has 5 nitrogen and oxygen atoms in total. The number of carboxylic acid groups (broad SMARTS) is 1.